The van der Waals surface area contributed by atoms with Crippen LogP contribution >= 0.6 is 11.8 Å². The zero-order chi connectivity index (χ0) is 16.1. The minimum Gasteiger partial charge on any atom is -0.338 e. The van der Waals surface area contributed by atoms with E-state index >= 15 is 0 Å². The molecule has 1 amide bonds. The minimum absolute atomic E-state index is 0.0473. The summed E-state index contributed by atoms with van der Waals surface area (Å²) in [7, 11) is 0. The number of thioether (sulfide) groups is 1. The predicted octanol–water partition coefficient (Wildman–Crippen LogP) is 4.44. The van der Waals surface area contributed by atoms with Crippen LogP contribution in [0.4, 0.5) is 5.69 Å². The van der Waals surface area contributed by atoms with Gasteiger partial charge < -0.3 is 9.88 Å². The molecular formula is C19H18N2OS. The maximum atomic E-state index is 12.9. The van der Waals surface area contributed by atoms with Crippen molar-refractivity contribution < 1.29 is 4.79 Å². The molecule has 3 nitrogen and oxygen atoms in total. The van der Waals surface area contributed by atoms with Gasteiger partial charge in [-0.1, -0.05) is 42.5 Å². The summed E-state index contributed by atoms with van der Waals surface area (Å²) in [5.74, 6) is -0.0473. The van der Waals surface area contributed by atoms with Gasteiger partial charge in [-0.25, -0.2) is 0 Å². The maximum Gasteiger partial charge on any atom is 0.252 e. The van der Waals surface area contributed by atoms with Gasteiger partial charge in [-0.3, -0.25) is 4.79 Å². The fourth-order valence-electron chi connectivity index (χ4n) is 2.56. The van der Waals surface area contributed by atoms with E-state index in [1.807, 2.05) is 89.9 Å². The van der Waals surface area contributed by atoms with Crippen LogP contribution in [-0.2, 0) is 4.79 Å². The number of rotatable bonds is 5. The quantitative estimate of drug-likeness (QED) is 0.705. The molecule has 0 spiro atoms. The number of amides is 1. The predicted molar refractivity (Wildman–Crippen MR) is 95.9 cm³/mol. The highest BCUT2D eigenvalue weighted by atomic mass is 32.2. The third kappa shape index (κ3) is 3.48. The summed E-state index contributed by atoms with van der Waals surface area (Å²) in [5.41, 5.74) is 1.81. The van der Waals surface area contributed by atoms with Gasteiger partial charge in [0.15, 0.2) is 0 Å². The van der Waals surface area contributed by atoms with Gasteiger partial charge >= 0.3 is 0 Å². The molecule has 2 aromatic carbocycles. The normalized spacial score (nSPS) is 11.9. The van der Waals surface area contributed by atoms with Crippen LogP contribution in [0, 0.1) is 0 Å². The first-order chi connectivity index (χ1) is 11.3. The molecule has 0 aliphatic carbocycles. The van der Waals surface area contributed by atoms with Crippen molar-refractivity contribution in [2.45, 2.75) is 10.9 Å². The number of carbonyl (C=O) groups excluding carboxylic acids is 1. The van der Waals surface area contributed by atoms with Crippen molar-refractivity contribution in [1.29, 1.82) is 0 Å². The molecule has 0 aliphatic rings. The van der Waals surface area contributed by atoms with E-state index in [4.69, 9.17) is 0 Å². The Hall–Kier alpha value is -2.46. The first-order valence-corrected chi connectivity index (χ1v) is 8.63. The van der Waals surface area contributed by atoms with Crippen LogP contribution in [0.2, 0.25) is 0 Å². The van der Waals surface area contributed by atoms with Crippen LogP contribution < -0.4 is 5.32 Å². The van der Waals surface area contributed by atoms with Gasteiger partial charge in [-0.2, -0.15) is 0 Å². The van der Waals surface area contributed by atoms with E-state index in [9.17, 15) is 4.79 Å². The lowest BCUT2D eigenvalue weighted by Gasteiger charge is -2.20. The van der Waals surface area contributed by atoms with E-state index < -0.39 is 0 Å². The fourth-order valence-corrected chi connectivity index (χ4v) is 3.12. The number of hydrogen-bond donors (Lipinski definition) is 1. The monoisotopic (exact) mass is 322 g/mol. The zero-order valence-electron chi connectivity index (χ0n) is 12.8. The van der Waals surface area contributed by atoms with Gasteiger partial charge in [0.25, 0.3) is 5.91 Å². The highest BCUT2D eigenvalue weighted by Gasteiger charge is 2.22. The molecule has 0 fully saturated rings. The van der Waals surface area contributed by atoms with E-state index in [0.717, 1.165) is 16.1 Å². The number of carbonyl (C=O) groups is 1. The second kappa shape index (κ2) is 7.20. The SMILES string of the molecule is CSc1ccccc1NC(=O)[C@H](c1ccccc1)n1cccc1. The highest BCUT2D eigenvalue weighted by molar-refractivity contribution is 7.98. The molecule has 1 atom stereocenters. The second-order valence-corrected chi connectivity index (χ2v) is 5.98. The highest BCUT2D eigenvalue weighted by Crippen LogP contribution is 2.27. The molecule has 0 aliphatic heterocycles. The van der Waals surface area contributed by atoms with Gasteiger partial charge in [0.1, 0.15) is 6.04 Å². The maximum absolute atomic E-state index is 12.9. The Kier molecular flexibility index (Phi) is 4.83. The lowest BCUT2D eigenvalue weighted by molar-refractivity contribution is -0.118. The molecule has 1 aromatic heterocycles. The van der Waals surface area contributed by atoms with Crippen molar-refractivity contribution in [3.8, 4) is 0 Å². The first kappa shape index (κ1) is 15.4. The molecule has 23 heavy (non-hydrogen) atoms. The molecule has 0 unspecified atom stereocenters. The molecular weight excluding hydrogens is 304 g/mol. The Bertz CT molecular complexity index is 769. The number of benzene rings is 2. The molecule has 3 rings (SSSR count). The van der Waals surface area contributed by atoms with Crippen molar-refractivity contribution >= 4 is 23.4 Å². The Morgan fingerprint density at radius 2 is 1.61 bits per heavy atom. The topological polar surface area (TPSA) is 34.0 Å². The molecule has 0 radical (unpaired) electrons. The molecule has 0 bridgehead atoms. The summed E-state index contributed by atoms with van der Waals surface area (Å²) in [6, 6.07) is 21.1. The largest absolute Gasteiger partial charge is 0.338 e. The molecule has 116 valence electrons. The van der Waals surface area contributed by atoms with E-state index in [1.165, 1.54) is 0 Å². The number of nitrogens with zero attached hydrogens (tertiary/aromatic N) is 1. The van der Waals surface area contributed by atoms with Crippen LogP contribution in [0.1, 0.15) is 11.6 Å². The molecule has 1 heterocycles. The molecule has 0 saturated heterocycles. The van der Waals surface area contributed by atoms with Gasteiger partial charge in [-0.15, -0.1) is 11.8 Å². The average molecular weight is 322 g/mol. The summed E-state index contributed by atoms with van der Waals surface area (Å²) in [4.78, 5) is 14.0. The first-order valence-electron chi connectivity index (χ1n) is 7.41. The summed E-state index contributed by atoms with van der Waals surface area (Å²) in [6.07, 6.45) is 5.83. The van der Waals surface area contributed by atoms with Crippen molar-refractivity contribution in [2.24, 2.45) is 0 Å². The number of hydrogen-bond acceptors (Lipinski definition) is 2. The number of nitrogens with one attached hydrogen (secondary N) is 1. The zero-order valence-corrected chi connectivity index (χ0v) is 13.7. The fraction of sp³-hybridized carbons (Fsp3) is 0.105. The van der Waals surface area contributed by atoms with E-state index in [1.54, 1.807) is 11.8 Å². The minimum atomic E-state index is -0.388. The molecule has 0 saturated carbocycles. The molecule has 1 N–H and O–H groups in total. The smallest absolute Gasteiger partial charge is 0.252 e. The summed E-state index contributed by atoms with van der Waals surface area (Å²) >= 11 is 1.62. The Labute approximate surface area is 140 Å². The molecule has 3 aromatic rings. The van der Waals surface area contributed by atoms with Gasteiger partial charge in [0.2, 0.25) is 0 Å². The van der Waals surface area contributed by atoms with Crippen molar-refractivity contribution in [3.05, 3.63) is 84.7 Å². The van der Waals surface area contributed by atoms with Gasteiger partial charge in [0.05, 0.1) is 5.69 Å². The second-order valence-electron chi connectivity index (χ2n) is 5.13. The Morgan fingerprint density at radius 1 is 0.957 bits per heavy atom. The van der Waals surface area contributed by atoms with Crippen molar-refractivity contribution in [3.63, 3.8) is 0 Å². The van der Waals surface area contributed by atoms with Crippen molar-refractivity contribution in [2.75, 3.05) is 11.6 Å². The molecule has 4 heteroatoms. The summed E-state index contributed by atoms with van der Waals surface area (Å²) in [5, 5.41) is 3.07. The Balaban J connectivity index is 1.93. The number of aromatic nitrogens is 1. The van der Waals surface area contributed by atoms with Crippen LogP contribution in [0.25, 0.3) is 0 Å². The average Bonchev–Trinajstić information content (AvgIpc) is 3.10. The van der Waals surface area contributed by atoms with E-state index in [0.29, 0.717) is 0 Å². The summed E-state index contributed by atoms with van der Waals surface area (Å²) in [6.45, 7) is 0. The third-order valence-corrected chi connectivity index (χ3v) is 4.45. The van der Waals surface area contributed by atoms with Crippen LogP contribution in [0.3, 0.4) is 0 Å². The number of para-hydroxylation sites is 1. The number of anilines is 1. The van der Waals surface area contributed by atoms with E-state index in [2.05, 4.69) is 5.32 Å². The summed E-state index contributed by atoms with van der Waals surface area (Å²) < 4.78 is 1.92. The van der Waals surface area contributed by atoms with Crippen LogP contribution in [-0.4, -0.2) is 16.7 Å². The Morgan fingerprint density at radius 3 is 2.30 bits per heavy atom. The standard InChI is InChI=1S/C19H18N2OS/c1-23-17-12-6-5-11-16(17)20-19(22)18(21-13-7-8-14-21)15-9-3-2-4-10-15/h2-14,18H,1H3,(H,20,22)/t18-/m0/s1. The van der Waals surface area contributed by atoms with Gasteiger partial charge in [0, 0.05) is 17.3 Å². The van der Waals surface area contributed by atoms with Crippen LogP contribution in [0.5, 0.6) is 0 Å². The lowest BCUT2D eigenvalue weighted by atomic mass is 10.1. The van der Waals surface area contributed by atoms with Crippen molar-refractivity contribution in [1.82, 2.24) is 4.57 Å². The van der Waals surface area contributed by atoms with E-state index in [-0.39, 0.29) is 11.9 Å². The third-order valence-electron chi connectivity index (χ3n) is 3.65. The van der Waals surface area contributed by atoms with Gasteiger partial charge in [-0.05, 0) is 36.1 Å². The lowest BCUT2D eigenvalue weighted by Crippen LogP contribution is -2.26. The van der Waals surface area contributed by atoms with Crippen LogP contribution in [0.15, 0.2) is 84.0 Å².